The molecule has 0 amide bonds. The summed E-state index contributed by atoms with van der Waals surface area (Å²) in [6.07, 6.45) is 2.45. The smallest absolute Gasteiger partial charge is 0.162 e. The van der Waals surface area contributed by atoms with Crippen LogP contribution in [0.15, 0.2) is 23.1 Å². The summed E-state index contributed by atoms with van der Waals surface area (Å²) < 4.78 is 11.4. The van der Waals surface area contributed by atoms with E-state index in [4.69, 9.17) is 15.2 Å². The van der Waals surface area contributed by atoms with Gasteiger partial charge in [-0.25, -0.2) is 0 Å². The van der Waals surface area contributed by atoms with Gasteiger partial charge in [0.25, 0.3) is 0 Å². The van der Waals surface area contributed by atoms with Crippen LogP contribution in [0.2, 0.25) is 0 Å². The summed E-state index contributed by atoms with van der Waals surface area (Å²) in [7, 11) is 0. The Hall–Kier alpha value is -0.870. The maximum atomic E-state index is 5.78. The lowest BCUT2D eigenvalue weighted by Crippen LogP contribution is -2.18. The fourth-order valence-corrected chi connectivity index (χ4v) is 3.02. The standard InChI is InChI=1S/C12H15NO2S/c13-8-12(3-4-12)16-9-1-2-10-11(7-9)15-6-5-14-10/h1-2,7H,3-6,8,13H2. The monoisotopic (exact) mass is 237 g/mol. The van der Waals surface area contributed by atoms with E-state index in [1.807, 2.05) is 17.8 Å². The van der Waals surface area contributed by atoms with Gasteiger partial charge in [-0.15, -0.1) is 11.8 Å². The molecule has 0 radical (unpaired) electrons. The summed E-state index contributed by atoms with van der Waals surface area (Å²) in [5, 5.41) is 0. The molecule has 1 aromatic carbocycles. The van der Waals surface area contributed by atoms with Gasteiger partial charge in [-0.3, -0.25) is 0 Å². The molecule has 2 aliphatic rings. The van der Waals surface area contributed by atoms with Crippen LogP contribution in [-0.2, 0) is 0 Å². The molecule has 1 heterocycles. The third kappa shape index (κ3) is 1.87. The summed E-state index contributed by atoms with van der Waals surface area (Å²) >= 11 is 1.87. The van der Waals surface area contributed by atoms with Crippen molar-refractivity contribution in [2.24, 2.45) is 5.73 Å². The van der Waals surface area contributed by atoms with Crippen LogP contribution in [0, 0.1) is 0 Å². The number of thioether (sulfide) groups is 1. The molecule has 1 fully saturated rings. The van der Waals surface area contributed by atoms with E-state index in [0.29, 0.717) is 18.0 Å². The minimum Gasteiger partial charge on any atom is -0.486 e. The third-order valence-electron chi connectivity index (χ3n) is 3.03. The molecule has 0 atom stereocenters. The van der Waals surface area contributed by atoms with Crippen LogP contribution in [0.5, 0.6) is 11.5 Å². The molecule has 0 aromatic heterocycles. The number of rotatable bonds is 3. The van der Waals surface area contributed by atoms with Crippen LogP contribution < -0.4 is 15.2 Å². The van der Waals surface area contributed by atoms with Gasteiger partial charge in [0.15, 0.2) is 11.5 Å². The molecular weight excluding hydrogens is 222 g/mol. The minimum absolute atomic E-state index is 0.295. The van der Waals surface area contributed by atoms with Crippen molar-refractivity contribution in [1.82, 2.24) is 0 Å². The molecule has 1 aliphatic carbocycles. The van der Waals surface area contributed by atoms with E-state index in [1.54, 1.807) is 0 Å². The second kappa shape index (κ2) is 3.86. The predicted octanol–water partition coefficient (Wildman–Crippen LogP) is 2.04. The van der Waals surface area contributed by atoms with Crippen molar-refractivity contribution in [3.05, 3.63) is 18.2 Å². The molecule has 2 N–H and O–H groups in total. The van der Waals surface area contributed by atoms with Crippen molar-refractivity contribution < 1.29 is 9.47 Å². The first-order valence-electron chi connectivity index (χ1n) is 5.60. The zero-order valence-electron chi connectivity index (χ0n) is 9.07. The Bertz CT molecular complexity index is 404. The Morgan fingerprint density at radius 1 is 1.19 bits per heavy atom. The lowest BCUT2D eigenvalue weighted by Gasteiger charge is -2.19. The van der Waals surface area contributed by atoms with Crippen molar-refractivity contribution in [2.75, 3.05) is 19.8 Å². The number of nitrogens with two attached hydrogens (primary N) is 1. The van der Waals surface area contributed by atoms with Gasteiger partial charge in [-0.2, -0.15) is 0 Å². The van der Waals surface area contributed by atoms with Gasteiger partial charge < -0.3 is 15.2 Å². The number of ether oxygens (including phenoxy) is 2. The molecule has 4 heteroatoms. The normalized spacial score (nSPS) is 20.6. The first kappa shape index (κ1) is 10.3. The van der Waals surface area contributed by atoms with Crippen LogP contribution >= 0.6 is 11.8 Å². The van der Waals surface area contributed by atoms with Crippen molar-refractivity contribution in [3.63, 3.8) is 0 Å². The van der Waals surface area contributed by atoms with Crippen LogP contribution in [0.25, 0.3) is 0 Å². The highest BCUT2D eigenvalue weighted by atomic mass is 32.2. The van der Waals surface area contributed by atoms with Crippen LogP contribution in [0.4, 0.5) is 0 Å². The Kier molecular flexibility index (Phi) is 2.48. The highest BCUT2D eigenvalue weighted by Crippen LogP contribution is 2.51. The summed E-state index contributed by atoms with van der Waals surface area (Å²) in [5.74, 6) is 1.72. The van der Waals surface area contributed by atoms with E-state index in [2.05, 4.69) is 12.1 Å². The van der Waals surface area contributed by atoms with Gasteiger partial charge in [0.2, 0.25) is 0 Å². The quantitative estimate of drug-likeness (QED) is 0.873. The van der Waals surface area contributed by atoms with Crippen LogP contribution in [0.1, 0.15) is 12.8 Å². The van der Waals surface area contributed by atoms with Crippen LogP contribution in [-0.4, -0.2) is 24.5 Å². The first-order chi connectivity index (χ1) is 7.81. The van der Waals surface area contributed by atoms with E-state index in [-0.39, 0.29) is 0 Å². The topological polar surface area (TPSA) is 44.5 Å². The summed E-state index contributed by atoms with van der Waals surface area (Å²) in [4.78, 5) is 1.23. The fourth-order valence-electron chi connectivity index (χ4n) is 1.82. The number of benzene rings is 1. The molecule has 1 aromatic rings. The van der Waals surface area contributed by atoms with Gasteiger partial charge >= 0.3 is 0 Å². The molecule has 0 saturated heterocycles. The third-order valence-corrected chi connectivity index (χ3v) is 4.53. The molecule has 1 aliphatic heterocycles. The van der Waals surface area contributed by atoms with Crippen molar-refractivity contribution in [1.29, 1.82) is 0 Å². The van der Waals surface area contributed by atoms with E-state index in [1.165, 1.54) is 17.7 Å². The molecule has 1 saturated carbocycles. The Labute approximate surface area is 99.3 Å². The highest BCUT2D eigenvalue weighted by Gasteiger charge is 2.42. The second-order valence-electron chi connectivity index (χ2n) is 4.29. The average molecular weight is 237 g/mol. The second-order valence-corrected chi connectivity index (χ2v) is 5.84. The molecule has 86 valence electrons. The van der Waals surface area contributed by atoms with Crippen molar-refractivity contribution in [2.45, 2.75) is 22.5 Å². The molecular formula is C12H15NO2S. The molecule has 0 spiro atoms. The van der Waals surface area contributed by atoms with Crippen molar-refractivity contribution in [3.8, 4) is 11.5 Å². The SMILES string of the molecule is NCC1(Sc2ccc3c(c2)OCCO3)CC1. The highest BCUT2D eigenvalue weighted by molar-refractivity contribution is 8.01. The Morgan fingerprint density at radius 2 is 1.94 bits per heavy atom. The first-order valence-corrected chi connectivity index (χ1v) is 6.42. The van der Waals surface area contributed by atoms with Crippen molar-refractivity contribution >= 4 is 11.8 Å². The maximum Gasteiger partial charge on any atom is 0.162 e. The van der Waals surface area contributed by atoms with Gasteiger partial charge in [-0.05, 0) is 31.0 Å². The lowest BCUT2D eigenvalue weighted by molar-refractivity contribution is 0.171. The lowest BCUT2D eigenvalue weighted by atomic mass is 10.3. The number of fused-ring (bicyclic) bond motifs is 1. The fraction of sp³-hybridized carbons (Fsp3) is 0.500. The van der Waals surface area contributed by atoms with Gasteiger partial charge in [-0.1, -0.05) is 0 Å². The summed E-state index contributed by atoms with van der Waals surface area (Å²) in [6, 6.07) is 6.15. The van der Waals surface area contributed by atoms with Gasteiger partial charge in [0, 0.05) is 16.2 Å². The zero-order chi connectivity index (χ0) is 11.0. The Morgan fingerprint density at radius 3 is 2.62 bits per heavy atom. The molecule has 0 unspecified atom stereocenters. The number of hydrogen-bond acceptors (Lipinski definition) is 4. The van der Waals surface area contributed by atoms with Crippen LogP contribution in [0.3, 0.4) is 0 Å². The Balaban J connectivity index is 1.80. The van der Waals surface area contributed by atoms with E-state index in [0.717, 1.165) is 18.0 Å². The van der Waals surface area contributed by atoms with E-state index in [9.17, 15) is 0 Å². The predicted molar refractivity (Wildman–Crippen MR) is 64.3 cm³/mol. The molecule has 3 nitrogen and oxygen atoms in total. The van der Waals surface area contributed by atoms with E-state index >= 15 is 0 Å². The average Bonchev–Trinajstić information content (AvgIpc) is 3.09. The molecule has 3 rings (SSSR count). The minimum atomic E-state index is 0.295. The summed E-state index contributed by atoms with van der Waals surface area (Å²) in [5.41, 5.74) is 5.78. The maximum absolute atomic E-state index is 5.78. The molecule has 16 heavy (non-hydrogen) atoms. The van der Waals surface area contributed by atoms with Gasteiger partial charge in [0.05, 0.1) is 0 Å². The summed E-state index contributed by atoms with van der Waals surface area (Å²) in [6.45, 7) is 2.04. The zero-order valence-corrected chi connectivity index (χ0v) is 9.89. The molecule has 0 bridgehead atoms. The number of hydrogen-bond donors (Lipinski definition) is 1. The largest absolute Gasteiger partial charge is 0.486 e. The van der Waals surface area contributed by atoms with Gasteiger partial charge in [0.1, 0.15) is 13.2 Å². The van der Waals surface area contributed by atoms with E-state index < -0.39 is 0 Å².